The van der Waals surface area contributed by atoms with Crippen molar-refractivity contribution in [2.24, 2.45) is 0 Å². The zero-order valence-electron chi connectivity index (χ0n) is 10.6. The average molecular weight is 235 g/mol. The number of hydrogen-bond donors (Lipinski definition) is 1. The van der Waals surface area contributed by atoms with Crippen molar-refractivity contribution in [2.45, 2.75) is 26.5 Å². The molecule has 0 saturated carbocycles. The number of aromatic nitrogens is 1. The first kappa shape index (κ1) is 12.3. The largest absolute Gasteiger partial charge is 0.376 e. The van der Waals surface area contributed by atoms with Crippen molar-refractivity contribution >= 4 is 5.82 Å². The SMILES string of the molecule is CCNc1ccc(CN2CCOC(C)C2)cn1. The molecule has 1 aliphatic rings. The van der Waals surface area contributed by atoms with E-state index in [1.165, 1.54) is 5.56 Å². The Morgan fingerprint density at radius 1 is 1.53 bits per heavy atom. The fourth-order valence-electron chi connectivity index (χ4n) is 2.10. The van der Waals surface area contributed by atoms with Gasteiger partial charge in [0, 0.05) is 32.4 Å². The molecule has 0 bridgehead atoms. The molecule has 0 aromatic carbocycles. The lowest BCUT2D eigenvalue weighted by atomic mass is 10.2. The molecule has 0 amide bonds. The van der Waals surface area contributed by atoms with Gasteiger partial charge in [-0.05, 0) is 25.5 Å². The van der Waals surface area contributed by atoms with E-state index in [1.54, 1.807) is 0 Å². The van der Waals surface area contributed by atoms with Gasteiger partial charge in [0.1, 0.15) is 5.82 Å². The van der Waals surface area contributed by atoms with Gasteiger partial charge in [0.25, 0.3) is 0 Å². The first-order valence-electron chi connectivity index (χ1n) is 6.30. The molecule has 1 aromatic heterocycles. The second-order valence-corrected chi connectivity index (χ2v) is 4.50. The predicted molar refractivity (Wildman–Crippen MR) is 69.1 cm³/mol. The van der Waals surface area contributed by atoms with Crippen molar-refractivity contribution in [3.8, 4) is 0 Å². The average Bonchev–Trinajstić information content (AvgIpc) is 2.32. The highest BCUT2D eigenvalue weighted by Gasteiger charge is 2.16. The van der Waals surface area contributed by atoms with Crippen LogP contribution >= 0.6 is 0 Å². The van der Waals surface area contributed by atoms with Crippen molar-refractivity contribution in [3.63, 3.8) is 0 Å². The third-order valence-corrected chi connectivity index (χ3v) is 2.91. The van der Waals surface area contributed by atoms with Gasteiger partial charge in [-0.1, -0.05) is 6.07 Å². The van der Waals surface area contributed by atoms with E-state index in [0.717, 1.165) is 38.6 Å². The Hall–Kier alpha value is -1.13. The zero-order chi connectivity index (χ0) is 12.1. The Balaban J connectivity index is 1.89. The molecule has 4 nitrogen and oxygen atoms in total. The van der Waals surface area contributed by atoms with Crippen LogP contribution in [0.25, 0.3) is 0 Å². The maximum atomic E-state index is 5.53. The summed E-state index contributed by atoms with van der Waals surface area (Å²) in [6, 6.07) is 4.19. The minimum Gasteiger partial charge on any atom is -0.376 e. The van der Waals surface area contributed by atoms with Crippen LogP contribution in [0.1, 0.15) is 19.4 Å². The van der Waals surface area contributed by atoms with Gasteiger partial charge in [0.05, 0.1) is 12.7 Å². The Morgan fingerprint density at radius 2 is 2.41 bits per heavy atom. The van der Waals surface area contributed by atoms with Gasteiger partial charge in [0.2, 0.25) is 0 Å². The number of anilines is 1. The number of rotatable bonds is 4. The van der Waals surface area contributed by atoms with Gasteiger partial charge in [0.15, 0.2) is 0 Å². The van der Waals surface area contributed by atoms with Gasteiger partial charge < -0.3 is 10.1 Å². The first-order chi connectivity index (χ1) is 8.28. The van der Waals surface area contributed by atoms with Crippen molar-refractivity contribution in [1.29, 1.82) is 0 Å². The lowest BCUT2D eigenvalue weighted by Crippen LogP contribution is -2.40. The molecule has 1 N–H and O–H groups in total. The fraction of sp³-hybridized carbons (Fsp3) is 0.615. The van der Waals surface area contributed by atoms with Crippen molar-refractivity contribution < 1.29 is 4.74 Å². The third kappa shape index (κ3) is 3.68. The van der Waals surface area contributed by atoms with Crippen LogP contribution in [0.4, 0.5) is 5.82 Å². The number of nitrogens with zero attached hydrogens (tertiary/aromatic N) is 2. The van der Waals surface area contributed by atoms with Crippen LogP contribution in [0, 0.1) is 0 Å². The number of hydrogen-bond acceptors (Lipinski definition) is 4. The molecule has 1 fully saturated rings. The first-order valence-corrected chi connectivity index (χ1v) is 6.30. The second kappa shape index (κ2) is 5.98. The highest BCUT2D eigenvalue weighted by Crippen LogP contribution is 2.11. The number of nitrogens with one attached hydrogen (secondary N) is 1. The van der Waals surface area contributed by atoms with E-state index < -0.39 is 0 Å². The molecule has 94 valence electrons. The zero-order valence-corrected chi connectivity index (χ0v) is 10.6. The molecule has 1 unspecified atom stereocenters. The number of morpholine rings is 1. The topological polar surface area (TPSA) is 37.4 Å². The van der Waals surface area contributed by atoms with Crippen LogP contribution in [-0.4, -0.2) is 42.2 Å². The number of ether oxygens (including phenoxy) is 1. The summed E-state index contributed by atoms with van der Waals surface area (Å²) in [6.45, 7) is 8.93. The normalized spacial score (nSPS) is 21.4. The molecule has 0 spiro atoms. The molecular formula is C13H21N3O. The molecule has 1 saturated heterocycles. The maximum Gasteiger partial charge on any atom is 0.125 e. The van der Waals surface area contributed by atoms with E-state index >= 15 is 0 Å². The van der Waals surface area contributed by atoms with E-state index in [0.29, 0.717) is 6.10 Å². The van der Waals surface area contributed by atoms with Crippen LogP contribution in [0.3, 0.4) is 0 Å². The summed E-state index contributed by atoms with van der Waals surface area (Å²) in [5.74, 6) is 0.951. The van der Waals surface area contributed by atoms with E-state index in [9.17, 15) is 0 Å². The molecular weight excluding hydrogens is 214 g/mol. The fourth-order valence-corrected chi connectivity index (χ4v) is 2.10. The molecule has 2 rings (SSSR count). The Kier molecular flexibility index (Phi) is 4.34. The highest BCUT2D eigenvalue weighted by atomic mass is 16.5. The molecule has 17 heavy (non-hydrogen) atoms. The maximum absolute atomic E-state index is 5.53. The smallest absolute Gasteiger partial charge is 0.125 e. The summed E-state index contributed by atoms with van der Waals surface area (Å²) in [6.07, 6.45) is 2.30. The minimum atomic E-state index is 0.345. The number of pyridine rings is 1. The van der Waals surface area contributed by atoms with Gasteiger partial charge in [-0.15, -0.1) is 0 Å². The Bertz CT molecular complexity index is 339. The molecule has 4 heteroatoms. The van der Waals surface area contributed by atoms with Crippen LogP contribution in [0.15, 0.2) is 18.3 Å². The van der Waals surface area contributed by atoms with Gasteiger partial charge in [-0.3, -0.25) is 4.90 Å². The Morgan fingerprint density at radius 3 is 3.06 bits per heavy atom. The van der Waals surface area contributed by atoms with E-state index in [-0.39, 0.29) is 0 Å². The third-order valence-electron chi connectivity index (χ3n) is 2.91. The van der Waals surface area contributed by atoms with Crippen molar-refractivity contribution in [1.82, 2.24) is 9.88 Å². The molecule has 1 atom stereocenters. The molecule has 2 heterocycles. The van der Waals surface area contributed by atoms with Crippen LogP contribution < -0.4 is 5.32 Å². The monoisotopic (exact) mass is 235 g/mol. The van der Waals surface area contributed by atoms with Crippen molar-refractivity contribution in [3.05, 3.63) is 23.9 Å². The standard InChI is InChI=1S/C13H21N3O/c1-3-14-13-5-4-12(8-15-13)10-16-6-7-17-11(2)9-16/h4-5,8,11H,3,6-7,9-10H2,1-2H3,(H,14,15). The molecule has 1 aliphatic heterocycles. The summed E-state index contributed by atoms with van der Waals surface area (Å²) in [5, 5.41) is 3.20. The predicted octanol–water partition coefficient (Wildman–Crippen LogP) is 1.73. The summed E-state index contributed by atoms with van der Waals surface area (Å²) < 4.78 is 5.53. The summed E-state index contributed by atoms with van der Waals surface area (Å²) in [5.41, 5.74) is 1.26. The van der Waals surface area contributed by atoms with E-state index in [1.807, 2.05) is 12.3 Å². The van der Waals surface area contributed by atoms with Crippen molar-refractivity contribution in [2.75, 3.05) is 31.6 Å². The highest BCUT2D eigenvalue weighted by molar-refractivity contribution is 5.35. The lowest BCUT2D eigenvalue weighted by Gasteiger charge is -2.30. The van der Waals surface area contributed by atoms with Crippen LogP contribution in [-0.2, 0) is 11.3 Å². The van der Waals surface area contributed by atoms with Gasteiger partial charge in [-0.2, -0.15) is 0 Å². The quantitative estimate of drug-likeness (QED) is 0.862. The summed E-state index contributed by atoms with van der Waals surface area (Å²) in [4.78, 5) is 6.80. The van der Waals surface area contributed by atoms with E-state index in [4.69, 9.17) is 4.74 Å². The van der Waals surface area contributed by atoms with Crippen LogP contribution in [0.2, 0.25) is 0 Å². The second-order valence-electron chi connectivity index (χ2n) is 4.50. The van der Waals surface area contributed by atoms with Gasteiger partial charge >= 0.3 is 0 Å². The minimum absolute atomic E-state index is 0.345. The lowest BCUT2D eigenvalue weighted by molar-refractivity contribution is -0.0212. The molecule has 1 aromatic rings. The summed E-state index contributed by atoms with van der Waals surface area (Å²) in [7, 11) is 0. The Labute approximate surface area is 103 Å². The van der Waals surface area contributed by atoms with E-state index in [2.05, 4.69) is 35.1 Å². The molecule has 0 radical (unpaired) electrons. The van der Waals surface area contributed by atoms with Gasteiger partial charge in [-0.25, -0.2) is 4.98 Å². The molecule has 0 aliphatic carbocycles. The van der Waals surface area contributed by atoms with Crippen LogP contribution in [0.5, 0.6) is 0 Å². The summed E-state index contributed by atoms with van der Waals surface area (Å²) >= 11 is 0.